The Bertz CT molecular complexity index is 392. The third-order valence-electron chi connectivity index (χ3n) is 3.23. The Balaban J connectivity index is 2.09. The lowest BCUT2D eigenvalue weighted by atomic mass is 10.2. The van der Waals surface area contributed by atoms with E-state index in [0.29, 0.717) is 17.6 Å². The largest absolute Gasteiger partial charge is 0.357 e. The highest BCUT2D eigenvalue weighted by Gasteiger charge is 2.25. The van der Waals surface area contributed by atoms with E-state index >= 15 is 0 Å². The van der Waals surface area contributed by atoms with E-state index in [-0.39, 0.29) is 0 Å². The Morgan fingerprint density at radius 3 is 2.81 bits per heavy atom. The minimum Gasteiger partial charge on any atom is -0.357 e. The molecule has 2 atom stereocenters. The van der Waals surface area contributed by atoms with E-state index in [1.165, 1.54) is 0 Å². The number of nitrogens with two attached hydrogens (primary N) is 1. The Kier molecular flexibility index (Phi) is 3.07. The van der Waals surface area contributed by atoms with Crippen LogP contribution >= 0.6 is 0 Å². The molecule has 1 aliphatic rings. The molecule has 0 aliphatic heterocycles. The molecule has 1 heterocycles. The molecule has 4 nitrogen and oxygen atoms in total. The van der Waals surface area contributed by atoms with E-state index in [4.69, 9.17) is 11.0 Å². The average Bonchev–Trinajstić information content (AvgIpc) is 2.75. The Labute approximate surface area is 95.7 Å². The van der Waals surface area contributed by atoms with E-state index in [0.717, 1.165) is 25.1 Å². The molecule has 0 aromatic carbocycles. The first-order chi connectivity index (χ1) is 7.70. The van der Waals surface area contributed by atoms with Crippen LogP contribution in [0.1, 0.15) is 24.8 Å². The number of nitriles is 1. The average molecular weight is 216 g/mol. The maximum absolute atomic E-state index is 8.69. The van der Waals surface area contributed by atoms with E-state index < -0.39 is 0 Å². The third-order valence-corrected chi connectivity index (χ3v) is 3.23. The van der Waals surface area contributed by atoms with Gasteiger partial charge in [-0.1, -0.05) is 0 Å². The van der Waals surface area contributed by atoms with Gasteiger partial charge in [0.15, 0.2) is 0 Å². The molecule has 4 heteroatoms. The van der Waals surface area contributed by atoms with Crippen molar-refractivity contribution in [2.45, 2.75) is 31.3 Å². The summed E-state index contributed by atoms with van der Waals surface area (Å²) in [5, 5.41) is 8.69. The van der Waals surface area contributed by atoms with Crippen LogP contribution in [0, 0.1) is 11.3 Å². The molecule has 0 bridgehead atoms. The molecule has 1 aliphatic carbocycles. The maximum Gasteiger partial charge on any atom is 0.128 e. The summed E-state index contributed by atoms with van der Waals surface area (Å²) in [6.07, 6.45) is 4.85. The summed E-state index contributed by atoms with van der Waals surface area (Å²) in [5.41, 5.74) is 6.49. The molecule has 0 amide bonds. The Morgan fingerprint density at radius 1 is 1.50 bits per heavy atom. The van der Waals surface area contributed by atoms with Crippen molar-refractivity contribution < 1.29 is 0 Å². The van der Waals surface area contributed by atoms with Gasteiger partial charge >= 0.3 is 0 Å². The fourth-order valence-electron chi connectivity index (χ4n) is 2.19. The third kappa shape index (κ3) is 2.15. The Morgan fingerprint density at radius 2 is 2.31 bits per heavy atom. The first kappa shape index (κ1) is 10.9. The van der Waals surface area contributed by atoms with Crippen LogP contribution in [-0.4, -0.2) is 24.1 Å². The van der Waals surface area contributed by atoms with Crippen LogP contribution in [0.15, 0.2) is 18.3 Å². The quantitative estimate of drug-likeness (QED) is 0.808. The summed E-state index contributed by atoms with van der Waals surface area (Å²) in [6.45, 7) is 0. The van der Waals surface area contributed by atoms with Gasteiger partial charge in [0.25, 0.3) is 0 Å². The highest BCUT2D eigenvalue weighted by Crippen LogP contribution is 2.25. The maximum atomic E-state index is 8.69. The zero-order valence-electron chi connectivity index (χ0n) is 9.43. The monoisotopic (exact) mass is 216 g/mol. The van der Waals surface area contributed by atoms with Crippen LogP contribution in [0.4, 0.5) is 5.82 Å². The van der Waals surface area contributed by atoms with Crippen LogP contribution in [0.25, 0.3) is 0 Å². The number of anilines is 1. The van der Waals surface area contributed by atoms with Crippen molar-refractivity contribution in [3.63, 3.8) is 0 Å². The normalized spacial score (nSPS) is 24.1. The number of pyridine rings is 1. The van der Waals surface area contributed by atoms with Gasteiger partial charge in [0.1, 0.15) is 11.9 Å². The molecule has 0 saturated heterocycles. The van der Waals surface area contributed by atoms with E-state index in [1.807, 2.05) is 13.1 Å². The second-order valence-corrected chi connectivity index (χ2v) is 4.35. The first-order valence-electron chi connectivity index (χ1n) is 5.55. The summed E-state index contributed by atoms with van der Waals surface area (Å²) < 4.78 is 0. The van der Waals surface area contributed by atoms with Crippen molar-refractivity contribution in [3.8, 4) is 6.07 Å². The lowest BCUT2D eigenvalue weighted by Gasteiger charge is -2.25. The highest BCUT2D eigenvalue weighted by molar-refractivity contribution is 5.42. The molecule has 1 aromatic heterocycles. The smallest absolute Gasteiger partial charge is 0.128 e. The molecular weight excluding hydrogens is 200 g/mol. The van der Waals surface area contributed by atoms with Gasteiger partial charge in [-0.05, 0) is 31.4 Å². The molecule has 0 spiro atoms. The second kappa shape index (κ2) is 4.50. The van der Waals surface area contributed by atoms with Crippen molar-refractivity contribution in [2.75, 3.05) is 11.9 Å². The predicted octanol–water partition coefficient (Wildman–Crippen LogP) is 1.27. The van der Waals surface area contributed by atoms with Crippen LogP contribution in [0.2, 0.25) is 0 Å². The van der Waals surface area contributed by atoms with Crippen molar-refractivity contribution in [1.82, 2.24) is 4.98 Å². The van der Waals surface area contributed by atoms with E-state index in [2.05, 4.69) is 16.0 Å². The molecule has 16 heavy (non-hydrogen) atoms. The molecule has 1 fully saturated rings. The van der Waals surface area contributed by atoms with Gasteiger partial charge in [-0.15, -0.1) is 0 Å². The van der Waals surface area contributed by atoms with Crippen molar-refractivity contribution in [3.05, 3.63) is 23.9 Å². The van der Waals surface area contributed by atoms with Gasteiger partial charge in [-0.25, -0.2) is 4.98 Å². The van der Waals surface area contributed by atoms with Crippen molar-refractivity contribution in [1.29, 1.82) is 5.26 Å². The molecule has 0 unspecified atom stereocenters. The standard InChI is InChI=1S/C12H16N4/c1-16(11-4-3-10(14)6-11)12-5-2-9(7-13)8-15-12/h2,5,8,10-11H,3-4,6,14H2,1H3/t10-,11+/m1/s1. The molecule has 84 valence electrons. The van der Waals surface area contributed by atoms with Crippen molar-refractivity contribution in [2.24, 2.45) is 5.73 Å². The van der Waals surface area contributed by atoms with Gasteiger partial charge < -0.3 is 10.6 Å². The fraction of sp³-hybridized carbons (Fsp3) is 0.500. The van der Waals surface area contributed by atoms with E-state index in [9.17, 15) is 0 Å². The van der Waals surface area contributed by atoms with Gasteiger partial charge in [0, 0.05) is 25.3 Å². The molecule has 1 aromatic rings. The Hall–Kier alpha value is -1.60. The number of rotatable bonds is 2. The summed E-state index contributed by atoms with van der Waals surface area (Å²) in [6, 6.07) is 6.57. The first-order valence-corrected chi connectivity index (χ1v) is 5.55. The molecule has 0 radical (unpaired) electrons. The minimum absolute atomic E-state index is 0.325. The summed E-state index contributed by atoms with van der Waals surface area (Å²) >= 11 is 0. The summed E-state index contributed by atoms with van der Waals surface area (Å²) in [4.78, 5) is 6.44. The zero-order chi connectivity index (χ0) is 11.5. The number of hydrogen-bond acceptors (Lipinski definition) is 4. The van der Waals surface area contributed by atoms with Gasteiger partial charge in [-0.3, -0.25) is 0 Å². The zero-order valence-corrected chi connectivity index (χ0v) is 9.43. The number of hydrogen-bond donors (Lipinski definition) is 1. The second-order valence-electron chi connectivity index (χ2n) is 4.35. The molecular formula is C12H16N4. The van der Waals surface area contributed by atoms with Gasteiger partial charge in [0.05, 0.1) is 5.56 Å². The van der Waals surface area contributed by atoms with Crippen LogP contribution < -0.4 is 10.6 Å². The lowest BCUT2D eigenvalue weighted by Crippen LogP contribution is -2.31. The topological polar surface area (TPSA) is 65.9 Å². The van der Waals surface area contributed by atoms with Crippen LogP contribution in [-0.2, 0) is 0 Å². The number of aromatic nitrogens is 1. The minimum atomic E-state index is 0.325. The molecule has 2 N–H and O–H groups in total. The van der Waals surface area contributed by atoms with Crippen molar-refractivity contribution >= 4 is 5.82 Å². The molecule has 1 saturated carbocycles. The van der Waals surface area contributed by atoms with Gasteiger partial charge in [0.2, 0.25) is 0 Å². The van der Waals surface area contributed by atoms with E-state index in [1.54, 1.807) is 12.3 Å². The highest BCUT2D eigenvalue weighted by atomic mass is 15.2. The lowest BCUT2D eigenvalue weighted by molar-refractivity contribution is 0.627. The van der Waals surface area contributed by atoms with Crippen LogP contribution in [0.5, 0.6) is 0 Å². The summed E-state index contributed by atoms with van der Waals surface area (Å²) in [5.74, 6) is 0.915. The van der Waals surface area contributed by atoms with Crippen LogP contribution in [0.3, 0.4) is 0 Å². The molecule has 2 rings (SSSR count). The summed E-state index contributed by atoms with van der Waals surface area (Å²) in [7, 11) is 2.04. The fourth-order valence-corrected chi connectivity index (χ4v) is 2.19. The predicted molar refractivity (Wildman–Crippen MR) is 63.0 cm³/mol. The SMILES string of the molecule is CN(c1ccc(C#N)cn1)[C@H]1CC[C@@H](N)C1. The van der Waals surface area contributed by atoms with Gasteiger partial charge in [-0.2, -0.15) is 5.26 Å². The number of nitrogens with zero attached hydrogens (tertiary/aromatic N) is 3.